The third-order valence-electron chi connectivity index (χ3n) is 5.87. The van der Waals surface area contributed by atoms with Gasteiger partial charge in [0.25, 0.3) is 0 Å². The monoisotopic (exact) mass is 413 g/mol. The van der Waals surface area contributed by atoms with Gasteiger partial charge in [-0.25, -0.2) is 0 Å². The Bertz CT molecular complexity index is 749. The molecular formula is C24H35N3O3. The molecule has 6 heteroatoms. The molecule has 6 nitrogen and oxygen atoms in total. The standard InChI is InChI=1S/C24H35N3O3/c1-28-16-15-26-13-9-21(10-14-26)18-27(17-20-7-11-25-12-8-20)19-22-5-4-6-23(29-2)24(22)30-3/h4-8,11-12,21H,9-10,13-19H2,1-3H3. The third-order valence-corrected chi connectivity index (χ3v) is 5.87. The van der Waals surface area contributed by atoms with Gasteiger partial charge in [0, 0.05) is 51.2 Å². The number of hydrogen-bond acceptors (Lipinski definition) is 6. The molecule has 1 aliphatic rings. The topological polar surface area (TPSA) is 47.1 Å². The molecule has 164 valence electrons. The van der Waals surface area contributed by atoms with Crippen LogP contribution < -0.4 is 9.47 Å². The van der Waals surface area contributed by atoms with Crippen molar-refractivity contribution < 1.29 is 14.2 Å². The van der Waals surface area contributed by atoms with Crippen LogP contribution in [0.4, 0.5) is 0 Å². The highest BCUT2D eigenvalue weighted by molar-refractivity contribution is 5.46. The largest absolute Gasteiger partial charge is 0.493 e. The van der Waals surface area contributed by atoms with E-state index in [1.807, 2.05) is 24.5 Å². The van der Waals surface area contributed by atoms with Crippen LogP contribution in [0.15, 0.2) is 42.7 Å². The first-order valence-corrected chi connectivity index (χ1v) is 10.8. The van der Waals surface area contributed by atoms with Crippen molar-refractivity contribution in [1.29, 1.82) is 0 Å². The molecule has 0 aliphatic carbocycles. The zero-order valence-electron chi connectivity index (χ0n) is 18.5. The highest BCUT2D eigenvalue weighted by Gasteiger charge is 2.22. The van der Waals surface area contributed by atoms with E-state index in [2.05, 4.69) is 33.0 Å². The number of piperidine rings is 1. The van der Waals surface area contributed by atoms with E-state index in [9.17, 15) is 0 Å². The normalized spacial score (nSPS) is 15.5. The van der Waals surface area contributed by atoms with E-state index in [0.29, 0.717) is 5.92 Å². The number of para-hydroxylation sites is 1. The van der Waals surface area contributed by atoms with Crippen molar-refractivity contribution in [3.05, 3.63) is 53.9 Å². The molecule has 1 aromatic carbocycles. The average Bonchev–Trinajstić information content (AvgIpc) is 2.79. The molecule has 0 saturated carbocycles. The first-order valence-electron chi connectivity index (χ1n) is 10.8. The van der Waals surface area contributed by atoms with Crippen LogP contribution in [0.2, 0.25) is 0 Å². The number of aromatic nitrogens is 1. The van der Waals surface area contributed by atoms with E-state index in [-0.39, 0.29) is 0 Å². The molecule has 1 aromatic heterocycles. The van der Waals surface area contributed by atoms with Gasteiger partial charge in [-0.2, -0.15) is 0 Å². The van der Waals surface area contributed by atoms with Gasteiger partial charge in [0.1, 0.15) is 0 Å². The van der Waals surface area contributed by atoms with Crippen molar-refractivity contribution in [1.82, 2.24) is 14.8 Å². The number of methoxy groups -OCH3 is 3. The molecule has 0 spiro atoms. The molecule has 0 amide bonds. The quantitative estimate of drug-likeness (QED) is 0.562. The maximum absolute atomic E-state index is 5.68. The first-order chi connectivity index (χ1) is 14.7. The lowest BCUT2D eigenvalue weighted by Gasteiger charge is -2.35. The van der Waals surface area contributed by atoms with Crippen LogP contribution in [-0.4, -0.2) is 68.9 Å². The number of rotatable bonds is 11. The van der Waals surface area contributed by atoms with Crippen molar-refractivity contribution in [2.24, 2.45) is 5.92 Å². The van der Waals surface area contributed by atoms with Gasteiger partial charge in [-0.1, -0.05) is 12.1 Å². The van der Waals surface area contributed by atoms with Gasteiger partial charge in [-0.15, -0.1) is 0 Å². The van der Waals surface area contributed by atoms with Crippen LogP contribution in [0.1, 0.15) is 24.0 Å². The predicted molar refractivity (Wildman–Crippen MR) is 119 cm³/mol. The van der Waals surface area contributed by atoms with E-state index in [4.69, 9.17) is 14.2 Å². The van der Waals surface area contributed by atoms with Crippen molar-refractivity contribution >= 4 is 0 Å². The lowest BCUT2D eigenvalue weighted by atomic mass is 9.95. The predicted octanol–water partition coefficient (Wildman–Crippen LogP) is 3.46. The van der Waals surface area contributed by atoms with Crippen LogP contribution in [-0.2, 0) is 17.8 Å². The number of benzene rings is 1. The maximum atomic E-state index is 5.68. The van der Waals surface area contributed by atoms with Gasteiger partial charge >= 0.3 is 0 Å². The van der Waals surface area contributed by atoms with E-state index >= 15 is 0 Å². The summed E-state index contributed by atoms with van der Waals surface area (Å²) in [5, 5.41) is 0. The Morgan fingerprint density at radius 1 is 1.00 bits per heavy atom. The Morgan fingerprint density at radius 3 is 2.43 bits per heavy atom. The summed E-state index contributed by atoms with van der Waals surface area (Å²) in [5.74, 6) is 2.31. The second-order valence-electron chi connectivity index (χ2n) is 7.96. The molecule has 1 fully saturated rings. The minimum absolute atomic E-state index is 0.697. The Hall–Kier alpha value is -2.15. The van der Waals surface area contributed by atoms with E-state index in [0.717, 1.165) is 62.9 Å². The van der Waals surface area contributed by atoms with Crippen molar-refractivity contribution in [2.75, 3.05) is 54.1 Å². The Labute approximate surface area is 180 Å². The van der Waals surface area contributed by atoms with Crippen molar-refractivity contribution in [3.63, 3.8) is 0 Å². The molecule has 0 unspecified atom stereocenters. The zero-order chi connectivity index (χ0) is 21.2. The number of ether oxygens (including phenoxy) is 3. The molecule has 3 rings (SSSR count). The van der Waals surface area contributed by atoms with Gasteiger partial charge in [0.05, 0.1) is 20.8 Å². The second-order valence-corrected chi connectivity index (χ2v) is 7.96. The van der Waals surface area contributed by atoms with Crippen LogP contribution in [0.3, 0.4) is 0 Å². The van der Waals surface area contributed by atoms with Crippen molar-refractivity contribution in [3.8, 4) is 11.5 Å². The average molecular weight is 414 g/mol. The molecule has 1 saturated heterocycles. The lowest BCUT2D eigenvalue weighted by Crippen LogP contribution is -2.39. The van der Waals surface area contributed by atoms with Crippen LogP contribution in [0.5, 0.6) is 11.5 Å². The van der Waals surface area contributed by atoms with Gasteiger partial charge < -0.3 is 19.1 Å². The smallest absolute Gasteiger partial charge is 0.165 e. The number of hydrogen-bond donors (Lipinski definition) is 0. The van der Waals surface area contributed by atoms with Crippen molar-refractivity contribution in [2.45, 2.75) is 25.9 Å². The molecular weight excluding hydrogens is 378 g/mol. The molecule has 0 bridgehead atoms. The Kier molecular flexibility index (Phi) is 8.93. The molecule has 0 radical (unpaired) electrons. The molecule has 0 N–H and O–H groups in total. The zero-order valence-corrected chi connectivity index (χ0v) is 18.5. The van der Waals surface area contributed by atoms with Gasteiger partial charge in [-0.05, 0) is 55.6 Å². The number of nitrogens with zero attached hydrogens (tertiary/aromatic N) is 3. The number of likely N-dealkylation sites (tertiary alicyclic amines) is 1. The molecule has 0 atom stereocenters. The highest BCUT2D eigenvalue weighted by atomic mass is 16.5. The molecule has 1 aliphatic heterocycles. The summed E-state index contributed by atoms with van der Waals surface area (Å²) in [4.78, 5) is 9.21. The van der Waals surface area contributed by atoms with E-state index in [1.165, 1.54) is 18.4 Å². The molecule has 30 heavy (non-hydrogen) atoms. The van der Waals surface area contributed by atoms with Gasteiger partial charge in [0.15, 0.2) is 11.5 Å². The minimum Gasteiger partial charge on any atom is -0.493 e. The van der Waals surface area contributed by atoms with E-state index < -0.39 is 0 Å². The summed E-state index contributed by atoms with van der Waals surface area (Å²) < 4.78 is 16.4. The van der Waals surface area contributed by atoms with Crippen LogP contribution in [0.25, 0.3) is 0 Å². The van der Waals surface area contributed by atoms with E-state index in [1.54, 1.807) is 21.3 Å². The Balaban J connectivity index is 1.69. The molecule has 2 aromatic rings. The number of pyridine rings is 1. The first kappa shape index (κ1) is 22.5. The highest BCUT2D eigenvalue weighted by Crippen LogP contribution is 2.32. The summed E-state index contributed by atoms with van der Waals surface area (Å²) in [6, 6.07) is 10.3. The van der Waals surface area contributed by atoms with Crippen LogP contribution in [0, 0.1) is 5.92 Å². The lowest BCUT2D eigenvalue weighted by molar-refractivity contribution is 0.103. The minimum atomic E-state index is 0.697. The summed E-state index contributed by atoms with van der Waals surface area (Å²) in [6.07, 6.45) is 6.19. The second kappa shape index (κ2) is 11.9. The summed E-state index contributed by atoms with van der Waals surface area (Å²) >= 11 is 0. The van der Waals surface area contributed by atoms with Crippen LogP contribution >= 0.6 is 0 Å². The fourth-order valence-electron chi connectivity index (χ4n) is 4.23. The van der Waals surface area contributed by atoms with Gasteiger partial charge in [-0.3, -0.25) is 9.88 Å². The fraction of sp³-hybridized carbons (Fsp3) is 0.542. The summed E-state index contributed by atoms with van der Waals surface area (Å²) in [7, 11) is 5.18. The maximum Gasteiger partial charge on any atom is 0.165 e. The molecule has 2 heterocycles. The summed E-state index contributed by atoms with van der Waals surface area (Å²) in [6.45, 7) is 6.94. The van der Waals surface area contributed by atoms with Gasteiger partial charge in [0.2, 0.25) is 0 Å². The SMILES string of the molecule is COCCN1CCC(CN(Cc2ccncc2)Cc2cccc(OC)c2OC)CC1. The fourth-order valence-corrected chi connectivity index (χ4v) is 4.23. The summed E-state index contributed by atoms with van der Waals surface area (Å²) in [5.41, 5.74) is 2.44. The third kappa shape index (κ3) is 6.42. The Morgan fingerprint density at radius 2 is 1.77 bits per heavy atom.